The Bertz CT molecular complexity index is 399. The van der Waals surface area contributed by atoms with Crippen LogP contribution in [0, 0.1) is 11.6 Å². The van der Waals surface area contributed by atoms with Crippen LogP contribution in [-0.2, 0) is 6.54 Å². The Kier molecular flexibility index (Phi) is 6.69. The number of nitrogens with zero attached hydrogens (tertiary/aromatic N) is 1. The van der Waals surface area contributed by atoms with Gasteiger partial charge in [-0.3, -0.25) is 4.90 Å². The van der Waals surface area contributed by atoms with Gasteiger partial charge < -0.3 is 5.73 Å². The molecular formula is C14H21ClF2N2. The largest absolute Gasteiger partial charge is 0.330 e. The van der Waals surface area contributed by atoms with Crippen LogP contribution < -0.4 is 5.73 Å². The lowest BCUT2D eigenvalue weighted by atomic mass is 9.98. The van der Waals surface area contributed by atoms with Gasteiger partial charge in [0.05, 0.1) is 0 Å². The molecule has 0 saturated carbocycles. The second-order valence-corrected chi connectivity index (χ2v) is 4.95. The van der Waals surface area contributed by atoms with Crippen molar-refractivity contribution in [3.63, 3.8) is 0 Å². The fourth-order valence-electron chi connectivity index (χ4n) is 2.66. The molecule has 1 saturated heterocycles. The van der Waals surface area contributed by atoms with E-state index < -0.39 is 11.6 Å². The quantitative estimate of drug-likeness (QED) is 0.923. The van der Waals surface area contributed by atoms with Crippen molar-refractivity contribution in [3.8, 4) is 0 Å². The molecule has 0 radical (unpaired) electrons. The van der Waals surface area contributed by atoms with Gasteiger partial charge in [-0.25, -0.2) is 8.78 Å². The summed E-state index contributed by atoms with van der Waals surface area (Å²) in [4.78, 5) is 2.34. The van der Waals surface area contributed by atoms with Crippen molar-refractivity contribution in [2.75, 3.05) is 13.1 Å². The highest BCUT2D eigenvalue weighted by atomic mass is 35.5. The molecule has 2 rings (SSSR count). The molecule has 1 atom stereocenters. The maximum atomic E-state index is 13.2. The molecule has 2 N–H and O–H groups in total. The highest BCUT2D eigenvalue weighted by Crippen LogP contribution is 2.22. The Morgan fingerprint density at radius 1 is 1.21 bits per heavy atom. The molecule has 5 heteroatoms. The van der Waals surface area contributed by atoms with E-state index in [1.165, 1.54) is 25.0 Å². The summed E-state index contributed by atoms with van der Waals surface area (Å²) in [5.74, 6) is -1.55. The van der Waals surface area contributed by atoms with Crippen molar-refractivity contribution in [1.29, 1.82) is 0 Å². The number of halogens is 3. The first-order chi connectivity index (χ1) is 8.70. The molecule has 1 aromatic carbocycles. The zero-order chi connectivity index (χ0) is 13.0. The van der Waals surface area contributed by atoms with Crippen LogP contribution in [0.1, 0.15) is 31.2 Å². The minimum absolute atomic E-state index is 0. The average molecular weight is 291 g/mol. The predicted octanol–water partition coefficient (Wildman–Crippen LogP) is 3.09. The molecule has 108 valence electrons. The first-order valence-corrected chi connectivity index (χ1v) is 6.58. The van der Waals surface area contributed by atoms with E-state index in [4.69, 9.17) is 5.73 Å². The number of rotatable bonds is 4. The van der Waals surface area contributed by atoms with E-state index in [0.717, 1.165) is 24.9 Å². The van der Waals surface area contributed by atoms with Crippen molar-refractivity contribution >= 4 is 12.4 Å². The summed E-state index contributed by atoms with van der Waals surface area (Å²) < 4.78 is 26.0. The molecular weight excluding hydrogens is 270 g/mol. The third kappa shape index (κ3) is 4.41. The molecule has 1 fully saturated rings. The monoisotopic (exact) mass is 290 g/mol. The van der Waals surface area contributed by atoms with Crippen molar-refractivity contribution in [1.82, 2.24) is 4.90 Å². The van der Waals surface area contributed by atoms with Gasteiger partial charge in [0.15, 0.2) is 11.6 Å². The Morgan fingerprint density at radius 3 is 2.68 bits per heavy atom. The Labute approximate surface area is 119 Å². The second-order valence-electron chi connectivity index (χ2n) is 4.95. The summed E-state index contributed by atoms with van der Waals surface area (Å²) in [6, 6.07) is 4.64. The maximum Gasteiger partial charge on any atom is 0.159 e. The van der Waals surface area contributed by atoms with E-state index in [9.17, 15) is 8.78 Å². The van der Waals surface area contributed by atoms with Gasteiger partial charge in [0, 0.05) is 12.6 Å². The van der Waals surface area contributed by atoms with E-state index in [1.54, 1.807) is 6.07 Å². The van der Waals surface area contributed by atoms with E-state index in [0.29, 0.717) is 19.1 Å². The number of hydrogen-bond acceptors (Lipinski definition) is 2. The number of benzene rings is 1. The molecule has 0 spiro atoms. The van der Waals surface area contributed by atoms with Crippen LogP contribution in [0.4, 0.5) is 8.78 Å². The van der Waals surface area contributed by atoms with E-state index in [-0.39, 0.29) is 12.4 Å². The summed E-state index contributed by atoms with van der Waals surface area (Å²) in [6.07, 6.45) is 4.54. The minimum atomic E-state index is -0.782. The summed E-state index contributed by atoms with van der Waals surface area (Å²) in [5.41, 5.74) is 6.45. The molecule has 1 heterocycles. The molecule has 0 amide bonds. The summed E-state index contributed by atoms with van der Waals surface area (Å²) in [6.45, 7) is 2.38. The molecule has 1 aliphatic rings. The molecule has 0 bridgehead atoms. The number of piperidine rings is 1. The lowest BCUT2D eigenvalue weighted by Gasteiger charge is -2.35. The second kappa shape index (κ2) is 7.78. The molecule has 1 aliphatic heterocycles. The van der Waals surface area contributed by atoms with Gasteiger partial charge in [-0.2, -0.15) is 0 Å². The Hall–Kier alpha value is -0.710. The molecule has 0 aromatic heterocycles. The minimum Gasteiger partial charge on any atom is -0.330 e. The van der Waals surface area contributed by atoms with Gasteiger partial charge in [0.1, 0.15) is 0 Å². The first-order valence-electron chi connectivity index (χ1n) is 6.58. The normalized spacial score (nSPS) is 20.1. The summed E-state index contributed by atoms with van der Waals surface area (Å²) in [7, 11) is 0. The molecule has 2 nitrogen and oxygen atoms in total. The standard InChI is InChI=1S/C14H20F2N2.ClH/c15-13-5-4-11(9-14(13)16)10-18-8-2-1-3-12(18)6-7-17;/h4-5,9,12H,1-3,6-8,10,17H2;1H. The number of nitrogens with two attached hydrogens (primary N) is 1. The predicted molar refractivity (Wildman–Crippen MR) is 75.3 cm³/mol. The maximum absolute atomic E-state index is 13.2. The lowest BCUT2D eigenvalue weighted by molar-refractivity contribution is 0.134. The van der Waals surface area contributed by atoms with Crippen molar-refractivity contribution in [2.45, 2.75) is 38.3 Å². The van der Waals surface area contributed by atoms with Crippen LogP contribution in [0.3, 0.4) is 0 Å². The molecule has 0 aliphatic carbocycles. The third-order valence-electron chi connectivity index (χ3n) is 3.62. The van der Waals surface area contributed by atoms with Crippen LogP contribution >= 0.6 is 12.4 Å². The van der Waals surface area contributed by atoms with Crippen LogP contribution in [0.25, 0.3) is 0 Å². The first kappa shape index (κ1) is 16.3. The van der Waals surface area contributed by atoms with Crippen LogP contribution in [0.15, 0.2) is 18.2 Å². The number of hydrogen-bond donors (Lipinski definition) is 1. The topological polar surface area (TPSA) is 29.3 Å². The van der Waals surface area contributed by atoms with Crippen LogP contribution in [-0.4, -0.2) is 24.0 Å². The van der Waals surface area contributed by atoms with Gasteiger partial charge in [-0.15, -0.1) is 12.4 Å². The highest BCUT2D eigenvalue weighted by Gasteiger charge is 2.21. The van der Waals surface area contributed by atoms with Crippen LogP contribution in [0.5, 0.6) is 0 Å². The SMILES string of the molecule is Cl.NCCC1CCCCN1Cc1ccc(F)c(F)c1. The Morgan fingerprint density at radius 2 is 2.00 bits per heavy atom. The zero-order valence-electron chi connectivity index (χ0n) is 10.9. The van der Waals surface area contributed by atoms with Gasteiger partial charge in [-0.1, -0.05) is 12.5 Å². The van der Waals surface area contributed by atoms with Gasteiger partial charge in [0.2, 0.25) is 0 Å². The fourth-order valence-corrected chi connectivity index (χ4v) is 2.66. The molecule has 1 aromatic rings. The van der Waals surface area contributed by atoms with Crippen LogP contribution in [0.2, 0.25) is 0 Å². The van der Waals surface area contributed by atoms with Crippen molar-refractivity contribution < 1.29 is 8.78 Å². The van der Waals surface area contributed by atoms with E-state index in [1.807, 2.05) is 0 Å². The van der Waals surface area contributed by atoms with E-state index in [2.05, 4.69) is 4.90 Å². The smallest absolute Gasteiger partial charge is 0.159 e. The average Bonchev–Trinajstić information content (AvgIpc) is 2.37. The highest BCUT2D eigenvalue weighted by molar-refractivity contribution is 5.85. The summed E-state index contributed by atoms with van der Waals surface area (Å²) >= 11 is 0. The third-order valence-corrected chi connectivity index (χ3v) is 3.62. The zero-order valence-corrected chi connectivity index (χ0v) is 11.8. The van der Waals surface area contributed by atoms with Crippen molar-refractivity contribution in [3.05, 3.63) is 35.4 Å². The molecule has 1 unspecified atom stereocenters. The van der Waals surface area contributed by atoms with Crippen molar-refractivity contribution in [2.24, 2.45) is 5.73 Å². The van der Waals surface area contributed by atoms with Gasteiger partial charge >= 0.3 is 0 Å². The number of likely N-dealkylation sites (tertiary alicyclic amines) is 1. The molecule has 19 heavy (non-hydrogen) atoms. The van der Waals surface area contributed by atoms with E-state index >= 15 is 0 Å². The lowest BCUT2D eigenvalue weighted by Crippen LogP contribution is -2.40. The fraction of sp³-hybridized carbons (Fsp3) is 0.571. The Balaban J connectivity index is 0.00000180. The van der Waals surface area contributed by atoms with Gasteiger partial charge in [0.25, 0.3) is 0 Å². The van der Waals surface area contributed by atoms with Gasteiger partial charge in [-0.05, 0) is 50.0 Å². The summed E-state index contributed by atoms with van der Waals surface area (Å²) in [5, 5.41) is 0.